The molecule has 7 nitrogen and oxygen atoms in total. The van der Waals surface area contributed by atoms with Gasteiger partial charge in [0, 0.05) is 39.6 Å². The number of nitrogens with zero attached hydrogens (tertiary/aromatic N) is 2. The van der Waals surface area contributed by atoms with Crippen LogP contribution in [0.15, 0.2) is 0 Å². The van der Waals surface area contributed by atoms with Gasteiger partial charge in [-0.05, 0) is 6.42 Å². The highest BCUT2D eigenvalue weighted by Crippen LogP contribution is 2.06. The van der Waals surface area contributed by atoms with Crippen molar-refractivity contribution in [3.63, 3.8) is 0 Å². The summed E-state index contributed by atoms with van der Waals surface area (Å²) in [5.41, 5.74) is 0. The van der Waals surface area contributed by atoms with E-state index >= 15 is 0 Å². The highest BCUT2D eigenvalue weighted by Gasteiger charge is 2.29. The molecule has 2 aliphatic rings. The smallest absolute Gasteiger partial charge is 0.241 e. The van der Waals surface area contributed by atoms with Gasteiger partial charge in [-0.3, -0.25) is 19.7 Å². The summed E-state index contributed by atoms with van der Waals surface area (Å²) in [6.45, 7) is 4.58. The number of piperazine rings is 1. The van der Waals surface area contributed by atoms with E-state index in [0.717, 1.165) is 6.42 Å². The van der Waals surface area contributed by atoms with Gasteiger partial charge in [-0.25, -0.2) is 0 Å². The van der Waals surface area contributed by atoms with Crippen molar-refractivity contribution in [3.8, 4) is 0 Å². The first-order valence-corrected chi connectivity index (χ1v) is 6.62. The van der Waals surface area contributed by atoms with Gasteiger partial charge in [0.05, 0.1) is 6.54 Å². The van der Waals surface area contributed by atoms with E-state index in [-0.39, 0.29) is 30.3 Å². The highest BCUT2D eigenvalue weighted by atomic mass is 16.2. The van der Waals surface area contributed by atoms with E-state index in [9.17, 15) is 14.4 Å². The number of carbonyl (C=O) groups excluding carboxylic acids is 3. The minimum atomic E-state index is -0.346. The lowest BCUT2D eigenvalue weighted by molar-refractivity contribution is -0.135. The first kappa shape index (κ1) is 13.8. The molecule has 2 saturated heterocycles. The normalized spacial score (nSPS) is 24.7. The van der Waals surface area contributed by atoms with Crippen molar-refractivity contribution in [2.45, 2.75) is 19.4 Å². The molecule has 3 amide bonds. The van der Waals surface area contributed by atoms with E-state index in [4.69, 9.17) is 0 Å². The maximum atomic E-state index is 12.3. The summed E-state index contributed by atoms with van der Waals surface area (Å²) in [7, 11) is 0. The van der Waals surface area contributed by atoms with Gasteiger partial charge < -0.3 is 15.1 Å². The zero-order valence-corrected chi connectivity index (χ0v) is 11.1. The lowest BCUT2D eigenvalue weighted by atomic mass is 10.2. The minimum absolute atomic E-state index is 0.00500. The van der Waals surface area contributed by atoms with Crippen LogP contribution in [-0.2, 0) is 14.4 Å². The molecule has 2 N–H and O–H groups in total. The van der Waals surface area contributed by atoms with Gasteiger partial charge >= 0.3 is 0 Å². The van der Waals surface area contributed by atoms with Crippen molar-refractivity contribution in [2.75, 3.05) is 39.3 Å². The molecule has 0 spiro atoms. The van der Waals surface area contributed by atoms with Crippen LogP contribution in [0, 0.1) is 0 Å². The number of hydrogen-bond acceptors (Lipinski definition) is 4. The molecular weight excluding hydrogens is 248 g/mol. The van der Waals surface area contributed by atoms with Crippen LogP contribution in [0.5, 0.6) is 0 Å². The van der Waals surface area contributed by atoms with Gasteiger partial charge in [-0.1, -0.05) is 0 Å². The lowest BCUT2D eigenvalue weighted by Gasteiger charge is -2.29. The third kappa shape index (κ3) is 3.44. The second-order valence-corrected chi connectivity index (χ2v) is 4.92. The average Bonchev–Trinajstić information content (AvgIpc) is 2.64. The molecule has 7 heteroatoms. The summed E-state index contributed by atoms with van der Waals surface area (Å²) < 4.78 is 0. The number of hydrogen-bond donors (Lipinski definition) is 2. The zero-order valence-electron chi connectivity index (χ0n) is 11.1. The quantitative estimate of drug-likeness (QED) is 0.585. The first-order valence-electron chi connectivity index (χ1n) is 6.62. The Morgan fingerprint density at radius 1 is 1.16 bits per heavy atom. The molecule has 0 bridgehead atoms. The van der Waals surface area contributed by atoms with E-state index in [2.05, 4.69) is 10.6 Å². The topological polar surface area (TPSA) is 81.8 Å². The summed E-state index contributed by atoms with van der Waals surface area (Å²) in [6.07, 6.45) is 0.796. The monoisotopic (exact) mass is 268 g/mol. The molecular formula is C12H20N4O3. The van der Waals surface area contributed by atoms with Gasteiger partial charge in [-0.15, -0.1) is 0 Å². The van der Waals surface area contributed by atoms with Gasteiger partial charge in [0.25, 0.3) is 0 Å². The number of nitrogens with one attached hydrogen (secondary N) is 2. The van der Waals surface area contributed by atoms with Crippen LogP contribution in [0.2, 0.25) is 0 Å². The molecule has 0 radical (unpaired) electrons. The first-order chi connectivity index (χ1) is 9.08. The van der Waals surface area contributed by atoms with Crippen LogP contribution in [0.4, 0.5) is 0 Å². The largest absolute Gasteiger partial charge is 0.353 e. The fraction of sp³-hybridized carbons (Fsp3) is 0.750. The summed E-state index contributed by atoms with van der Waals surface area (Å²) in [4.78, 5) is 38.2. The molecule has 0 aromatic carbocycles. The molecule has 0 saturated carbocycles. The minimum Gasteiger partial charge on any atom is -0.353 e. The van der Waals surface area contributed by atoms with Gasteiger partial charge in [-0.2, -0.15) is 0 Å². The Labute approximate surface area is 112 Å². The van der Waals surface area contributed by atoms with E-state index in [0.29, 0.717) is 32.7 Å². The number of amides is 3. The van der Waals surface area contributed by atoms with E-state index in [1.165, 1.54) is 0 Å². The van der Waals surface area contributed by atoms with E-state index < -0.39 is 0 Å². The van der Waals surface area contributed by atoms with E-state index in [1.807, 2.05) is 0 Å². The highest BCUT2D eigenvalue weighted by molar-refractivity contribution is 5.86. The van der Waals surface area contributed by atoms with Crippen molar-refractivity contribution in [1.29, 1.82) is 0 Å². The zero-order chi connectivity index (χ0) is 13.8. The Hall–Kier alpha value is -1.63. The molecule has 2 aliphatic heterocycles. The van der Waals surface area contributed by atoms with Crippen molar-refractivity contribution in [1.82, 2.24) is 20.4 Å². The second kappa shape index (κ2) is 6.01. The van der Waals surface area contributed by atoms with Gasteiger partial charge in [0.15, 0.2) is 0 Å². The summed E-state index contributed by atoms with van der Waals surface area (Å²) >= 11 is 0. The lowest BCUT2D eigenvalue weighted by Crippen LogP contribution is -2.59. The summed E-state index contributed by atoms with van der Waals surface area (Å²) in [5, 5.41) is 5.62. The predicted octanol–water partition coefficient (Wildman–Crippen LogP) is -1.84. The molecule has 0 aromatic rings. The Kier molecular flexibility index (Phi) is 4.36. The van der Waals surface area contributed by atoms with Gasteiger partial charge in [0.1, 0.15) is 6.04 Å². The van der Waals surface area contributed by atoms with Crippen molar-refractivity contribution < 1.29 is 14.4 Å². The average molecular weight is 268 g/mol. The molecule has 19 heavy (non-hydrogen) atoms. The van der Waals surface area contributed by atoms with Crippen LogP contribution >= 0.6 is 0 Å². The Balaban J connectivity index is 1.89. The summed E-state index contributed by atoms with van der Waals surface area (Å²) in [5.74, 6) is -0.0228. The maximum Gasteiger partial charge on any atom is 0.241 e. The molecule has 0 aliphatic carbocycles. The fourth-order valence-electron chi connectivity index (χ4n) is 2.41. The van der Waals surface area contributed by atoms with Gasteiger partial charge in [0.2, 0.25) is 17.7 Å². The maximum absolute atomic E-state index is 12.3. The van der Waals surface area contributed by atoms with Crippen molar-refractivity contribution >= 4 is 17.7 Å². The molecule has 1 atom stereocenters. The number of rotatable bonds is 1. The molecule has 2 heterocycles. The van der Waals surface area contributed by atoms with Crippen LogP contribution in [0.1, 0.15) is 13.3 Å². The predicted molar refractivity (Wildman–Crippen MR) is 68.3 cm³/mol. The SMILES string of the molecule is CC(=O)N1CCCN(C(=O)C2CNC(=O)CN2)CC1. The summed E-state index contributed by atoms with van der Waals surface area (Å²) in [6, 6.07) is -0.346. The molecule has 1 unspecified atom stereocenters. The van der Waals surface area contributed by atoms with Crippen molar-refractivity contribution in [3.05, 3.63) is 0 Å². The van der Waals surface area contributed by atoms with Crippen LogP contribution in [-0.4, -0.2) is 72.8 Å². The van der Waals surface area contributed by atoms with Crippen LogP contribution in [0.3, 0.4) is 0 Å². The second-order valence-electron chi connectivity index (χ2n) is 4.92. The molecule has 0 aromatic heterocycles. The van der Waals surface area contributed by atoms with Crippen LogP contribution < -0.4 is 10.6 Å². The third-order valence-electron chi connectivity index (χ3n) is 3.56. The molecule has 106 valence electrons. The van der Waals surface area contributed by atoms with Crippen LogP contribution in [0.25, 0.3) is 0 Å². The third-order valence-corrected chi connectivity index (χ3v) is 3.56. The Morgan fingerprint density at radius 2 is 1.84 bits per heavy atom. The molecule has 2 rings (SSSR count). The van der Waals surface area contributed by atoms with Crippen molar-refractivity contribution in [2.24, 2.45) is 0 Å². The number of carbonyl (C=O) groups is 3. The Morgan fingerprint density at radius 3 is 2.47 bits per heavy atom. The molecule has 2 fully saturated rings. The Bertz CT molecular complexity index is 375. The fourth-order valence-corrected chi connectivity index (χ4v) is 2.41. The standard InChI is InChI=1S/C12H20N4O3/c1-9(17)15-3-2-4-16(6-5-15)12(19)10-7-14-11(18)8-13-10/h10,13H,2-8H2,1H3,(H,14,18). The van der Waals surface area contributed by atoms with E-state index in [1.54, 1.807) is 16.7 Å².